The number of piperazine rings is 1. The second-order valence-corrected chi connectivity index (χ2v) is 5.34. The van der Waals surface area contributed by atoms with Crippen molar-refractivity contribution in [3.05, 3.63) is 34.3 Å². The molecule has 1 unspecified atom stereocenters. The number of imide groups is 1. The second kappa shape index (κ2) is 5.63. The van der Waals surface area contributed by atoms with Gasteiger partial charge < -0.3 is 0 Å². The molecule has 0 bridgehead atoms. The fourth-order valence-corrected chi connectivity index (χ4v) is 2.14. The molecule has 19 heavy (non-hydrogen) atoms. The zero-order chi connectivity index (χ0) is 14.0. The van der Waals surface area contributed by atoms with Gasteiger partial charge in [0.25, 0.3) is 0 Å². The van der Waals surface area contributed by atoms with Gasteiger partial charge in [0, 0.05) is 10.0 Å². The smallest absolute Gasteiger partial charge is 0.243 e. The topological polar surface area (TPSA) is 66.5 Å². The third-order valence-electron chi connectivity index (χ3n) is 3.05. The highest BCUT2D eigenvalue weighted by Gasteiger charge is 2.31. The standard InChI is InChI=1S/C13H13BrN2O3/c1-8-13(19)15-12(18)7-16(8)6-11(17)9-2-4-10(14)5-3-9/h2-5,8H,6-7H2,1H3,(H,15,18,19). The summed E-state index contributed by atoms with van der Waals surface area (Å²) in [6.07, 6.45) is 0. The van der Waals surface area contributed by atoms with E-state index in [1.807, 2.05) is 0 Å². The number of hydrogen-bond donors (Lipinski definition) is 1. The van der Waals surface area contributed by atoms with Crippen LogP contribution in [-0.4, -0.2) is 41.6 Å². The van der Waals surface area contributed by atoms with E-state index in [4.69, 9.17) is 0 Å². The van der Waals surface area contributed by atoms with Crippen molar-refractivity contribution in [2.24, 2.45) is 0 Å². The number of nitrogens with one attached hydrogen (secondary N) is 1. The molecule has 100 valence electrons. The summed E-state index contributed by atoms with van der Waals surface area (Å²) in [5, 5.41) is 2.24. The van der Waals surface area contributed by atoms with Gasteiger partial charge in [-0.25, -0.2) is 0 Å². The minimum atomic E-state index is -0.475. The highest BCUT2D eigenvalue weighted by atomic mass is 79.9. The molecule has 1 aliphatic rings. The van der Waals surface area contributed by atoms with Gasteiger partial charge in [-0.15, -0.1) is 0 Å². The summed E-state index contributed by atoms with van der Waals surface area (Å²) in [7, 11) is 0. The van der Waals surface area contributed by atoms with Crippen LogP contribution in [0.15, 0.2) is 28.7 Å². The van der Waals surface area contributed by atoms with Gasteiger partial charge in [0.2, 0.25) is 11.8 Å². The number of carbonyl (C=O) groups excluding carboxylic acids is 3. The van der Waals surface area contributed by atoms with Crippen LogP contribution in [0.2, 0.25) is 0 Å². The Bertz CT molecular complexity index is 527. The van der Waals surface area contributed by atoms with Gasteiger partial charge in [-0.05, 0) is 19.1 Å². The monoisotopic (exact) mass is 324 g/mol. The maximum atomic E-state index is 12.1. The summed E-state index contributed by atoms with van der Waals surface area (Å²) in [6, 6.07) is 6.51. The van der Waals surface area contributed by atoms with Crippen LogP contribution >= 0.6 is 15.9 Å². The van der Waals surface area contributed by atoms with E-state index in [0.29, 0.717) is 5.56 Å². The van der Waals surface area contributed by atoms with Gasteiger partial charge >= 0.3 is 0 Å². The fourth-order valence-electron chi connectivity index (χ4n) is 1.87. The molecule has 0 radical (unpaired) electrons. The van der Waals surface area contributed by atoms with E-state index in [1.54, 1.807) is 36.1 Å². The molecule has 1 aliphatic heterocycles. The molecule has 0 aliphatic carbocycles. The third kappa shape index (κ3) is 3.27. The molecule has 1 aromatic carbocycles. The molecule has 1 fully saturated rings. The Morgan fingerprint density at radius 1 is 1.37 bits per heavy atom. The zero-order valence-corrected chi connectivity index (χ0v) is 11.9. The second-order valence-electron chi connectivity index (χ2n) is 4.42. The summed E-state index contributed by atoms with van der Waals surface area (Å²) < 4.78 is 0.893. The summed E-state index contributed by atoms with van der Waals surface area (Å²) in [4.78, 5) is 36.4. The Kier molecular flexibility index (Phi) is 4.11. The first-order valence-electron chi connectivity index (χ1n) is 5.84. The van der Waals surface area contributed by atoms with E-state index < -0.39 is 6.04 Å². The lowest BCUT2D eigenvalue weighted by Crippen LogP contribution is -2.57. The van der Waals surface area contributed by atoms with Crippen LogP contribution in [0.4, 0.5) is 0 Å². The minimum absolute atomic E-state index is 0.0575. The number of benzene rings is 1. The number of ketones is 1. The van der Waals surface area contributed by atoms with Crippen molar-refractivity contribution < 1.29 is 14.4 Å². The lowest BCUT2D eigenvalue weighted by Gasteiger charge is -2.30. The fraction of sp³-hybridized carbons (Fsp3) is 0.308. The molecular formula is C13H13BrN2O3. The lowest BCUT2D eigenvalue weighted by molar-refractivity contribution is -0.139. The average Bonchev–Trinajstić information content (AvgIpc) is 2.36. The minimum Gasteiger partial charge on any atom is -0.294 e. The van der Waals surface area contributed by atoms with Crippen LogP contribution in [0, 0.1) is 0 Å². The number of carbonyl (C=O) groups is 3. The summed E-state index contributed by atoms with van der Waals surface area (Å²) >= 11 is 3.30. The largest absolute Gasteiger partial charge is 0.294 e. The van der Waals surface area contributed by atoms with Gasteiger partial charge in [0.1, 0.15) is 0 Å². The Morgan fingerprint density at radius 3 is 2.63 bits per heavy atom. The Hall–Kier alpha value is -1.53. The SMILES string of the molecule is CC1C(=O)NC(=O)CN1CC(=O)c1ccc(Br)cc1. The normalized spacial score (nSPS) is 20.2. The third-order valence-corrected chi connectivity index (χ3v) is 3.58. The molecule has 0 saturated carbocycles. The first-order valence-corrected chi connectivity index (χ1v) is 6.63. The number of rotatable bonds is 3. The van der Waals surface area contributed by atoms with Gasteiger partial charge in [-0.2, -0.15) is 0 Å². The molecule has 0 spiro atoms. The highest BCUT2D eigenvalue weighted by Crippen LogP contribution is 2.12. The van der Waals surface area contributed by atoms with Crippen molar-refractivity contribution in [2.75, 3.05) is 13.1 Å². The van der Waals surface area contributed by atoms with E-state index in [2.05, 4.69) is 21.2 Å². The van der Waals surface area contributed by atoms with Gasteiger partial charge in [-0.3, -0.25) is 24.6 Å². The average molecular weight is 325 g/mol. The molecule has 5 nitrogen and oxygen atoms in total. The van der Waals surface area contributed by atoms with Crippen molar-refractivity contribution in [2.45, 2.75) is 13.0 Å². The molecule has 1 aromatic rings. The maximum Gasteiger partial charge on any atom is 0.243 e. The number of halogens is 1. The molecular weight excluding hydrogens is 312 g/mol. The van der Waals surface area contributed by atoms with Crippen LogP contribution in [0.5, 0.6) is 0 Å². The Labute approximate surface area is 119 Å². The van der Waals surface area contributed by atoms with Crippen LogP contribution in [0.3, 0.4) is 0 Å². The number of nitrogens with zero attached hydrogens (tertiary/aromatic N) is 1. The lowest BCUT2D eigenvalue weighted by atomic mass is 10.1. The molecule has 6 heteroatoms. The molecule has 1 saturated heterocycles. The van der Waals surface area contributed by atoms with Crippen molar-refractivity contribution in [3.8, 4) is 0 Å². The number of Topliss-reactive ketones (excluding diaryl/α,β-unsaturated/α-hetero) is 1. The summed E-state index contributed by atoms with van der Waals surface area (Å²) in [6.45, 7) is 1.80. The molecule has 2 amide bonds. The zero-order valence-electron chi connectivity index (χ0n) is 10.4. The van der Waals surface area contributed by atoms with Crippen molar-refractivity contribution in [3.63, 3.8) is 0 Å². The first kappa shape index (κ1) is 13.9. The van der Waals surface area contributed by atoms with E-state index in [9.17, 15) is 14.4 Å². The molecule has 1 heterocycles. The predicted octanol–water partition coefficient (Wildman–Crippen LogP) is 0.979. The van der Waals surface area contributed by atoms with E-state index in [0.717, 1.165) is 4.47 Å². The van der Waals surface area contributed by atoms with E-state index >= 15 is 0 Å². The highest BCUT2D eigenvalue weighted by molar-refractivity contribution is 9.10. The number of hydrogen-bond acceptors (Lipinski definition) is 4. The van der Waals surface area contributed by atoms with Crippen molar-refractivity contribution in [1.29, 1.82) is 0 Å². The van der Waals surface area contributed by atoms with E-state index in [-0.39, 0.29) is 30.7 Å². The number of amides is 2. The van der Waals surface area contributed by atoms with Gasteiger partial charge in [0.15, 0.2) is 5.78 Å². The van der Waals surface area contributed by atoms with Crippen LogP contribution in [-0.2, 0) is 9.59 Å². The predicted molar refractivity (Wildman–Crippen MR) is 72.7 cm³/mol. The van der Waals surface area contributed by atoms with Gasteiger partial charge in [-0.1, -0.05) is 28.1 Å². The Balaban J connectivity index is 2.07. The molecule has 1 N–H and O–H groups in total. The van der Waals surface area contributed by atoms with Crippen molar-refractivity contribution in [1.82, 2.24) is 10.2 Å². The molecule has 1 atom stereocenters. The van der Waals surface area contributed by atoms with Crippen LogP contribution in [0.25, 0.3) is 0 Å². The van der Waals surface area contributed by atoms with Crippen molar-refractivity contribution >= 4 is 33.5 Å². The van der Waals surface area contributed by atoms with Crippen LogP contribution < -0.4 is 5.32 Å². The summed E-state index contributed by atoms with van der Waals surface area (Å²) in [5.74, 6) is -0.839. The van der Waals surface area contributed by atoms with Crippen LogP contribution in [0.1, 0.15) is 17.3 Å². The maximum absolute atomic E-state index is 12.1. The Morgan fingerprint density at radius 2 is 2.00 bits per heavy atom. The molecule has 0 aromatic heterocycles. The quantitative estimate of drug-likeness (QED) is 0.665. The summed E-state index contributed by atoms with van der Waals surface area (Å²) in [5.41, 5.74) is 0.564. The molecule has 2 rings (SSSR count). The first-order chi connectivity index (χ1) is 8.97. The van der Waals surface area contributed by atoms with E-state index in [1.165, 1.54) is 0 Å². The van der Waals surface area contributed by atoms with Gasteiger partial charge in [0.05, 0.1) is 19.1 Å².